The lowest BCUT2D eigenvalue weighted by Gasteiger charge is -2.18. The van der Waals surface area contributed by atoms with Crippen LogP contribution in [-0.2, 0) is 5.41 Å². The summed E-state index contributed by atoms with van der Waals surface area (Å²) in [7, 11) is 3.32. The summed E-state index contributed by atoms with van der Waals surface area (Å²) in [5.74, 6) is 1.59. The molecule has 2 heteroatoms. The van der Waals surface area contributed by atoms with Gasteiger partial charge in [-0.15, -0.1) is 0 Å². The molecule has 0 N–H and O–H groups in total. The van der Waals surface area contributed by atoms with E-state index in [2.05, 4.69) is 57.2 Å². The predicted octanol–water partition coefficient (Wildman–Crippen LogP) is 5.17. The average molecular weight is 296 g/mol. The van der Waals surface area contributed by atoms with Crippen molar-refractivity contribution >= 4 is 12.2 Å². The molecule has 0 bridgehead atoms. The van der Waals surface area contributed by atoms with Crippen LogP contribution in [0.15, 0.2) is 42.5 Å². The van der Waals surface area contributed by atoms with E-state index < -0.39 is 0 Å². The fraction of sp³-hybridized carbons (Fsp3) is 0.300. The van der Waals surface area contributed by atoms with Gasteiger partial charge in [0.2, 0.25) is 0 Å². The normalized spacial score (nSPS) is 11.7. The van der Waals surface area contributed by atoms with Crippen LogP contribution in [0.4, 0.5) is 0 Å². The number of methoxy groups -OCH3 is 2. The minimum atomic E-state index is 0.183. The van der Waals surface area contributed by atoms with E-state index in [4.69, 9.17) is 9.47 Å². The van der Waals surface area contributed by atoms with Crippen LogP contribution in [0.5, 0.6) is 11.5 Å². The molecule has 2 aromatic rings. The van der Waals surface area contributed by atoms with E-state index in [1.807, 2.05) is 18.2 Å². The third kappa shape index (κ3) is 4.14. The number of rotatable bonds is 4. The molecule has 0 fully saturated rings. The zero-order valence-electron chi connectivity index (χ0n) is 14.0. The second kappa shape index (κ2) is 6.69. The molecule has 0 heterocycles. The lowest BCUT2D eigenvalue weighted by molar-refractivity contribution is 0.394. The van der Waals surface area contributed by atoms with E-state index in [0.29, 0.717) is 0 Å². The molecule has 0 saturated heterocycles. The highest BCUT2D eigenvalue weighted by molar-refractivity contribution is 5.71. The van der Waals surface area contributed by atoms with Gasteiger partial charge >= 0.3 is 0 Å². The van der Waals surface area contributed by atoms with Crippen LogP contribution in [0.3, 0.4) is 0 Å². The molecule has 0 aromatic heterocycles. The molecule has 2 nitrogen and oxygen atoms in total. The highest BCUT2D eigenvalue weighted by Crippen LogP contribution is 2.25. The van der Waals surface area contributed by atoms with Gasteiger partial charge in [-0.1, -0.05) is 57.2 Å². The van der Waals surface area contributed by atoms with Crippen LogP contribution in [0, 0.1) is 0 Å². The molecule has 0 atom stereocenters. The molecule has 22 heavy (non-hydrogen) atoms. The molecule has 0 aliphatic heterocycles. The van der Waals surface area contributed by atoms with E-state index in [-0.39, 0.29) is 5.41 Å². The van der Waals surface area contributed by atoms with Crippen molar-refractivity contribution in [2.24, 2.45) is 0 Å². The summed E-state index contributed by atoms with van der Waals surface area (Å²) in [5.41, 5.74) is 3.75. The highest BCUT2D eigenvalue weighted by atomic mass is 16.5. The molecule has 0 aliphatic rings. The number of hydrogen-bond acceptors (Lipinski definition) is 2. The summed E-state index contributed by atoms with van der Waals surface area (Å²) in [6, 6.07) is 14.5. The Hall–Kier alpha value is -2.22. The van der Waals surface area contributed by atoms with Crippen LogP contribution in [-0.4, -0.2) is 14.2 Å². The quantitative estimate of drug-likeness (QED) is 0.724. The smallest absolute Gasteiger partial charge is 0.123 e. The lowest BCUT2D eigenvalue weighted by Crippen LogP contribution is -2.10. The van der Waals surface area contributed by atoms with Crippen molar-refractivity contribution in [2.75, 3.05) is 14.2 Å². The molecule has 2 rings (SSSR count). The standard InChI is InChI=1S/C20H24O2/c1-20(2,3)17-10-8-15(9-11-17)6-7-16-12-18(21-4)14-19(13-16)22-5/h6-14H,1-5H3/b7-6+. The summed E-state index contributed by atoms with van der Waals surface area (Å²) >= 11 is 0. The largest absolute Gasteiger partial charge is 0.497 e. The maximum Gasteiger partial charge on any atom is 0.123 e. The third-order valence-corrected chi connectivity index (χ3v) is 3.62. The van der Waals surface area contributed by atoms with Crippen molar-refractivity contribution in [3.63, 3.8) is 0 Å². The van der Waals surface area contributed by atoms with E-state index in [1.54, 1.807) is 14.2 Å². The first-order chi connectivity index (χ1) is 10.4. The fourth-order valence-corrected chi connectivity index (χ4v) is 2.21. The summed E-state index contributed by atoms with van der Waals surface area (Å²) in [6.07, 6.45) is 4.16. The van der Waals surface area contributed by atoms with Crippen LogP contribution < -0.4 is 9.47 Å². The van der Waals surface area contributed by atoms with Crippen LogP contribution in [0.25, 0.3) is 12.2 Å². The molecule has 0 aliphatic carbocycles. The zero-order valence-corrected chi connectivity index (χ0v) is 14.0. The van der Waals surface area contributed by atoms with Gasteiger partial charge in [0.05, 0.1) is 14.2 Å². The van der Waals surface area contributed by atoms with E-state index in [9.17, 15) is 0 Å². The maximum atomic E-state index is 5.29. The Bertz CT molecular complexity index is 624. The van der Waals surface area contributed by atoms with E-state index in [1.165, 1.54) is 11.1 Å². The molecular weight excluding hydrogens is 272 g/mol. The van der Waals surface area contributed by atoms with Crippen molar-refractivity contribution < 1.29 is 9.47 Å². The predicted molar refractivity (Wildman–Crippen MR) is 93.6 cm³/mol. The summed E-state index contributed by atoms with van der Waals surface area (Å²) < 4.78 is 10.6. The summed E-state index contributed by atoms with van der Waals surface area (Å²) in [6.45, 7) is 6.67. The van der Waals surface area contributed by atoms with Gasteiger partial charge in [-0.25, -0.2) is 0 Å². The highest BCUT2D eigenvalue weighted by Gasteiger charge is 2.12. The van der Waals surface area contributed by atoms with Crippen molar-refractivity contribution in [1.29, 1.82) is 0 Å². The van der Waals surface area contributed by atoms with Gasteiger partial charge < -0.3 is 9.47 Å². The molecule has 0 unspecified atom stereocenters. The molecule has 116 valence electrons. The van der Waals surface area contributed by atoms with Crippen LogP contribution in [0.1, 0.15) is 37.5 Å². The number of ether oxygens (including phenoxy) is 2. The lowest BCUT2D eigenvalue weighted by atomic mass is 9.87. The fourth-order valence-electron chi connectivity index (χ4n) is 2.21. The van der Waals surface area contributed by atoms with Crippen molar-refractivity contribution in [3.8, 4) is 11.5 Å². The van der Waals surface area contributed by atoms with Crippen molar-refractivity contribution in [1.82, 2.24) is 0 Å². The van der Waals surface area contributed by atoms with Crippen molar-refractivity contribution in [3.05, 3.63) is 59.2 Å². The summed E-state index contributed by atoms with van der Waals surface area (Å²) in [4.78, 5) is 0. The first-order valence-corrected chi connectivity index (χ1v) is 7.44. The monoisotopic (exact) mass is 296 g/mol. The molecule has 0 saturated carbocycles. The van der Waals surface area contributed by atoms with Gasteiger partial charge in [0.25, 0.3) is 0 Å². The molecule has 0 radical (unpaired) electrons. The first kappa shape index (κ1) is 16.2. The van der Waals surface area contributed by atoms with Crippen LogP contribution in [0.2, 0.25) is 0 Å². The number of hydrogen-bond donors (Lipinski definition) is 0. The minimum absolute atomic E-state index is 0.183. The minimum Gasteiger partial charge on any atom is -0.497 e. The average Bonchev–Trinajstić information content (AvgIpc) is 2.52. The number of benzene rings is 2. The van der Waals surface area contributed by atoms with Crippen LogP contribution >= 0.6 is 0 Å². The Morgan fingerprint density at radius 3 is 1.68 bits per heavy atom. The van der Waals surface area contributed by atoms with Gasteiger partial charge in [-0.3, -0.25) is 0 Å². The Morgan fingerprint density at radius 1 is 0.727 bits per heavy atom. The van der Waals surface area contributed by atoms with Crippen molar-refractivity contribution in [2.45, 2.75) is 26.2 Å². The molecule has 2 aromatic carbocycles. The van der Waals surface area contributed by atoms with Gasteiger partial charge in [0, 0.05) is 6.07 Å². The Kier molecular flexibility index (Phi) is 4.92. The zero-order chi connectivity index (χ0) is 16.2. The van der Waals surface area contributed by atoms with Gasteiger partial charge in [-0.05, 0) is 34.2 Å². The Labute approximate surface area is 133 Å². The Balaban J connectivity index is 2.21. The van der Waals surface area contributed by atoms with E-state index >= 15 is 0 Å². The first-order valence-electron chi connectivity index (χ1n) is 7.44. The summed E-state index contributed by atoms with van der Waals surface area (Å²) in [5, 5.41) is 0. The maximum absolute atomic E-state index is 5.29. The van der Waals surface area contributed by atoms with E-state index in [0.717, 1.165) is 17.1 Å². The molecular formula is C20H24O2. The third-order valence-electron chi connectivity index (χ3n) is 3.62. The molecule has 0 amide bonds. The Morgan fingerprint density at radius 2 is 1.23 bits per heavy atom. The van der Waals surface area contributed by atoms with Gasteiger partial charge in [0.1, 0.15) is 11.5 Å². The second-order valence-corrected chi connectivity index (χ2v) is 6.35. The second-order valence-electron chi connectivity index (χ2n) is 6.35. The van der Waals surface area contributed by atoms with Gasteiger partial charge in [0.15, 0.2) is 0 Å². The molecule has 0 spiro atoms. The van der Waals surface area contributed by atoms with Gasteiger partial charge in [-0.2, -0.15) is 0 Å². The topological polar surface area (TPSA) is 18.5 Å². The SMILES string of the molecule is COc1cc(/C=C/c2ccc(C(C)(C)C)cc2)cc(OC)c1.